The molecule has 0 aliphatic heterocycles. The molecule has 0 aromatic rings. The zero-order valence-corrected chi connectivity index (χ0v) is 10.8. The first kappa shape index (κ1) is 11.1. The summed E-state index contributed by atoms with van der Waals surface area (Å²) in [5.74, 6) is 5.46. The van der Waals surface area contributed by atoms with E-state index in [-0.39, 0.29) is 0 Å². The van der Waals surface area contributed by atoms with Crippen LogP contribution >= 0.6 is 0 Å². The Bertz CT molecular complexity index is 216. The minimum absolute atomic E-state index is 1.03. The Morgan fingerprint density at radius 1 is 0.750 bits per heavy atom. The van der Waals surface area contributed by atoms with Crippen LogP contribution in [0.2, 0.25) is 0 Å². The standard InChI is InChI=1S/C15H27N/c1-16-10-15-13-8-4-2-6-11(13)12-7-3-5-9-14(12)15/h11-16H,2-10H2,1H3. The Morgan fingerprint density at radius 2 is 1.19 bits per heavy atom. The Morgan fingerprint density at radius 3 is 1.62 bits per heavy atom. The summed E-state index contributed by atoms with van der Waals surface area (Å²) in [4.78, 5) is 0. The zero-order valence-electron chi connectivity index (χ0n) is 10.8. The van der Waals surface area contributed by atoms with Gasteiger partial charge in [-0.05, 0) is 68.9 Å². The average Bonchev–Trinajstić information content (AvgIpc) is 2.66. The molecule has 3 aliphatic carbocycles. The molecule has 1 N–H and O–H groups in total. The lowest BCUT2D eigenvalue weighted by atomic mass is 9.73. The summed E-state index contributed by atoms with van der Waals surface area (Å²) in [5.41, 5.74) is 0. The fourth-order valence-electron chi connectivity index (χ4n) is 5.36. The van der Waals surface area contributed by atoms with E-state index in [1.807, 2.05) is 0 Å². The van der Waals surface area contributed by atoms with Gasteiger partial charge in [0.1, 0.15) is 0 Å². The third-order valence-electron chi connectivity index (χ3n) is 5.84. The van der Waals surface area contributed by atoms with Crippen molar-refractivity contribution < 1.29 is 0 Å². The van der Waals surface area contributed by atoms with Crippen LogP contribution in [-0.2, 0) is 0 Å². The van der Waals surface area contributed by atoms with Gasteiger partial charge < -0.3 is 5.32 Å². The van der Waals surface area contributed by atoms with Gasteiger partial charge in [0.05, 0.1) is 0 Å². The predicted octanol–water partition coefficient (Wildman–Crippen LogP) is 3.45. The van der Waals surface area contributed by atoms with Crippen molar-refractivity contribution in [1.82, 2.24) is 5.32 Å². The lowest BCUT2D eigenvalue weighted by Crippen LogP contribution is -2.29. The Balaban J connectivity index is 1.80. The summed E-state index contributed by atoms with van der Waals surface area (Å²) in [6.45, 7) is 1.29. The van der Waals surface area contributed by atoms with E-state index in [0.717, 1.165) is 29.6 Å². The summed E-state index contributed by atoms with van der Waals surface area (Å²) in [6, 6.07) is 0. The molecule has 3 saturated carbocycles. The third-order valence-corrected chi connectivity index (χ3v) is 5.84. The van der Waals surface area contributed by atoms with Crippen LogP contribution in [0.3, 0.4) is 0 Å². The zero-order chi connectivity index (χ0) is 11.0. The molecule has 3 aliphatic rings. The van der Waals surface area contributed by atoms with E-state index in [2.05, 4.69) is 12.4 Å². The van der Waals surface area contributed by atoms with Crippen molar-refractivity contribution in [3.63, 3.8) is 0 Å². The van der Waals surface area contributed by atoms with E-state index in [9.17, 15) is 0 Å². The molecule has 0 heterocycles. The first-order valence-corrected chi connectivity index (χ1v) is 7.56. The third kappa shape index (κ3) is 1.72. The number of fused-ring (bicyclic) bond motifs is 3. The molecule has 0 saturated heterocycles. The molecule has 16 heavy (non-hydrogen) atoms. The molecule has 1 nitrogen and oxygen atoms in total. The first-order valence-electron chi connectivity index (χ1n) is 7.56. The van der Waals surface area contributed by atoms with Gasteiger partial charge in [0.15, 0.2) is 0 Å². The normalized spacial score (nSPS) is 47.4. The second-order valence-electron chi connectivity index (χ2n) is 6.45. The van der Waals surface area contributed by atoms with Crippen molar-refractivity contribution in [1.29, 1.82) is 0 Å². The molecule has 3 rings (SSSR count). The van der Waals surface area contributed by atoms with E-state index in [1.54, 1.807) is 25.7 Å². The minimum Gasteiger partial charge on any atom is -0.319 e. The molecular formula is C15H27N. The van der Waals surface area contributed by atoms with Gasteiger partial charge in [-0.25, -0.2) is 0 Å². The van der Waals surface area contributed by atoms with E-state index < -0.39 is 0 Å². The number of nitrogens with one attached hydrogen (secondary N) is 1. The van der Waals surface area contributed by atoms with E-state index in [4.69, 9.17) is 0 Å². The molecular weight excluding hydrogens is 194 g/mol. The molecule has 3 fully saturated rings. The van der Waals surface area contributed by atoms with Crippen molar-refractivity contribution in [3.05, 3.63) is 0 Å². The Hall–Kier alpha value is -0.0400. The average molecular weight is 221 g/mol. The van der Waals surface area contributed by atoms with Gasteiger partial charge in [-0.2, -0.15) is 0 Å². The molecule has 0 amide bonds. The van der Waals surface area contributed by atoms with Gasteiger partial charge in [0.2, 0.25) is 0 Å². The highest BCUT2D eigenvalue weighted by molar-refractivity contribution is 5.00. The highest BCUT2D eigenvalue weighted by Crippen LogP contribution is 2.56. The lowest BCUT2D eigenvalue weighted by Gasteiger charge is -2.32. The van der Waals surface area contributed by atoms with E-state index in [0.29, 0.717) is 0 Å². The lowest BCUT2D eigenvalue weighted by molar-refractivity contribution is 0.184. The molecule has 0 radical (unpaired) electrons. The van der Waals surface area contributed by atoms with Gasteiger partial charge >= 0.3 is 0 Å². The van der Waals surface area contributed by atoms with Crippen LogP contribution in [0.15, 0.2) is 0 Å². The minimum atomic E-state index is 1.03. The second-order valence-corrected chi connectivity index (χ2v) is 6.45. The fraction of sp³-hybridized carbons (Fsp3) is 1.00. The highest BCUT2D eigenvalue weighted by atomic mass is 14.8. The molecule has 0 aromatic heterocycles. The number of hydrogen-bond donors (Lipinski definition) is 1. The van der Waals surface area contributed by atoms with Crippen LogP contribution in [0.5, 0.6) is 0 Å². The number of hydrogen-bond acceptors (Lipinski definition) is 1. The second kappa shape index (κ2) is 4.68. The quantitative estimate of drug-likeness (QED) is 0.753. The Kier molecular flexibility index (Phi) is 3.24. The van der Waals surface area contributed by atoms with Crippen molar-refractivity contribution in [2.24, 2.45) is 29.6 Å². The topological polar surface area (TPSA) is 12.0 Å². The fourth-order valence-corrected chi connectivity index (χ4v) is 5.36. The predicted molar refractivity (Wildman–Crippen MR) is 68.3 cm³/mol. The summed E-state index contributed by atoms with van der Waals surface area (Å²) < 4.78 is 0. The molecule has 0 spiro atoms. The van der Waals surface area contributed by atoms with Gasteiger partial charge in [0.25, 0.3) is 0 Å². The van der Waals surface area contributed by atoms with Crippen LogP contribution in [0.1, 0.15) is 51.4 Å². The number of rotatable bonds is 2. The maximum Gasteiger partial charge on any atom is -0.00180 e. The van der Waals surface area contributed by atoms with Gasteiger partial charge in [0, 0.05) is 0 Å². The van der Waals surface area contributed by atoms with Gasteiger partial charge in [-0.15, -0.1) is 0 Å². The SMILES string of the molecule is CNCC1C2CCCCC2C2CCCCC21. The largest absolute Gasteiger partial charge is 0.319 e. The van der Waals surface area contributed by atoms with Crippen LogP contribution in [0, 0.1) is 29.6 Å². The summed E-state index contributed by atoms with van der Waals surface area (Å²) >= 11 is 0. The monoisotopic (exact) mass is 221 g/mol. The van der Waals surface area contributed by atoms with Gasteiger partial charge in [-0.3, -0.25) is 0 Å². The molecule has 4 atom stereocenters. The van der Waals surface area contributed by atoms with Crippen LogP contribution in [0.25, 0.3) is 0 Å². The summed E-state index contributed by atoms with van der Waals surface area (Å²) in [6.07, 6.45) is 12.3. The molecule has 0 aromatic carbocycles. The Labute approximate surface area is 100 Å². The van der Waals surface area contributed by atoms with Crippen molar-refractivity contribution in [2.45, 2.75) is 51.4 Å². The van der Waals surface area contributed by atoms with Crippen molar-refractivity contribution in [2.75, 3.05) is 13.6 Å². The molecule has 0 bridgehead atoms. The van der Waals surface area contributed by atoms with Gasteiger partial charge in [-0.1, -0.05) is 25.7 Å². The summed E-state index contributed by atoms with van der Waals surface area (Å²) in [5, 5.41) is 3.48. The van der Waals surface area contributed by atoms with Crippen LogP contribution < -0.4 is 5.32 Å². The van der Waals surface area contributed by atoms with Crippen LogP contribution in [-0.4, -0.2) is 13.6 Å². The maximum absolute atomic E-state index is 3.48. The van der Waals surface area contributed by atoms with Crippen molar-refractivity contribution >= 4 is 0 Å². The first-order chi connectivity index (χ1) is 7.92. The van der Waals surface area contributed by atoms with Crippen molar-refractivity contribution in [3.8, 4) is 0 Å². The highest BCUT2D eigenvalue weighted by Gasteiger charge is 2.50. The molecule has 4 unspecified atom stereocenters. The molecule has 1 heteroatoms. The maximum atomic E-state index is 3.48. The van der Waals surface area contributed by atoms with E-state index >= 15 is 0 Å². The smallest absolute Gasteiger partial charge is 0.00180 e. The van der Waals surface area contributed by atoms with Crippen LogP contribution in [0.4, 0.5) is 0 Å². The molecule has 92 valence electrons. The summed E-state index contributed by atoms with van der Waals surface area (Å²) in [7, 11) is 2.15. The van der Waals surface area contributed by atoms with E-state index in [1.165, 1.54) is 32.2 Å².